The van der Waals surface area contributed by atoms with Gasteiger partial charge in [-0.2, -0.15) is 5.26 Å². The second-order valence-electron chi connectivity index (χ2n) is 17.5. The molecule has 15 nitrogen and oxygen atoms in total. The van der Waals surface area contributed by atoms with E-state index in [2.05, 4.69) is 31.3 Å². The van der Waals surface area contributed by atoms with E-state index < -0.39 is 41.5 Å². The maximum atomic E-state index is 14.8. The second-order valence-corrected chi connectivity index (χ2v) is 17.5. The van der Waals surface area contributed by atoms with Crippen molar-refractivity contribution in [1.82, 2.24) is 20.2 Å². The van der Waals surface area contributed by atoms with Crippen molar-refractivity contribution in [2.75, 3.05) is 39.9 Å². The van der Waals surface area contributed by atoms with Gasteiger partial charge in [0.15, 0.2) is 23.2 Å². The minimum atomic E-state index is -1.24. The highest BCUT2D eigenvalue weighted by molar-refractivity contribution is 6.01. The molecule has 7 N–H and O–H groups in total. The van der Waals surface area contributed by atoms with Gasteiger partial charge in [0.2, 0.25) is 11.8 Å². The van der Waals surface area contributed by atoms with Crippen LogP contribution in [0.25, 0.3) is 22.5 Å². The summed E-state index contributed by atoms with van der Waals surface area (Å²) in [5, 5.41) is 12.1. The van der Waals surface area contributed by atoms with Crippen LogP contribution in [0.5, 0.6) is 11.5 Å². The summed E-state index contributed by atoms with van der Waals surface area (Å²) in [7, 11) is 1.51. The van der Waals surface area contributed by atoms with Crippen molar-refractivity contribution in [2.24, 2.45) is 35.0 Å². The zero-order valence-corrected chi connectivity index (χ0v) is 39.0. The van der Waals surface area contributed by atoms with Crippen molar-refractivity contribution in [3.8, 4) is 40.1 Å². The molecule has 66 heavy (non-hydrogen) atoms. The Balaban J connectivity index is 1.56. The second kappa shape index (κ2) is 23.7. The van der Waals surface area contributed by atoms with E-state index in [1.54, 1.807) is 51.1 Å². The van der Waals surface area contributed by atoms with Crippen LogP contribution in [0, 0.1) is 42.9 Å². The molecule has 350 valence electrons. The van der Waals surface area contributed by atoms with Crippen molar-refractivity contribution >= 4 is 29.2 Å². The van der Waals surface area contributed by atoms with E-state index in [1.165, 1.54) is 17.5 Å². The number of fused-ring (bicyclic) bond motifs is 5. The van der Waals surface area contributed by atoms with Crippen LogP contribution < -0.4 is 32.0 Å². The molecule has 2 amide bonds. The maximum absolute atomic E-state index is 14.8. The number of hydrogen-bond acceptors (Lipinski definition) is 13. The molecule has 3 aromatic carbocycles. The smallest absolute Gasteiger partial charge is 0.226 e. The van der Waals surface area contributed by atoms with E-state index in [-0.39, 0.29) is 82.9 Å². The maximum Gasteiger partial charge on any atom is 0.226 e. The standard InChI is InChI=1S/C51H64N8O7/c1-30(2)24-34-9-12-36(13-10-34)49-56-32(4)47(33(5)57-49)43(61)29-38(17-19-53)51(64)59(6)48-37-14-16-46(66-23-21-55)40(28-37)39-26-35(11-15-45(39)65-22-20-54)27-41(42(60)8-7-18-52)58-50(63)31(3)25-44(48)62/h9-16,26,28,30-31,38,41,48H,7-8,17,19-25,27,29,53-55H2,1-6H3,(H,58,63)/t31-,38-,41+,48+/m1/s1. The predicted octanol–water partition coefficient (Wildman–Crippen LogP) is 5.55. The Morgan fingerprint density at radius 1 is 0.879 bits per heavy atom. The molecule has 1 aliphatic rings. The van der Waals surface area contributed by atoms with Crippen LogP contribution in [0.1, 0.15) is 97.4 Å². The van der Waals surface area contributed by atoms with Gasteiger partial charge in [0.05, 0.1) is 29.1 Å². The SMILES string of the molecule is Cc1nc(-c2ccc(CC(C)C)cc2)nc(C)c1C(=O)C[C@@H](CCN)C(=O)N(C)[C@@H]1C(=O)C[C@@H](C)C(=O)N[C@H](C(=O)CCC#N)Cc2ccc(OCCN)c(c2)-c2cc1ccc2OCCN. The lowest BCUT2D eigenvalue weighted by Gasteiger charge is -2.32. The van der Waals surface area contributed by atoms with E-state index in [1.807, 2.05) is 24.3 Å². The molecule has 5 rings (SSSR count). The number of nitriles is 1. The number of benzene rings is 3. The lowest BCUT2D eigenvalue weighted by Crippen LogP contribution is -2.46. The highest BCUT2D eigenvalue weighted by Gasteiger charge is 2.36. The Morgan fingerprint density at radius 3 is 2.09 bits per heavy atom. The summed E-state index contributed by atoms with van der Waals surface area (Å²) in [5.41, 5.74) is 23.3. The third-order valence-electron chi connectivity index (χ3n) is 11.7. The number of amides is 2. The van der Waals surface area contributed by atoms with Crippen molar-refractivity contribution in [3.63, 3.8) is 0 Å². The Labute approximate surface area is 387 Å². The van der Waals surface area contributed by atoms with Gasteiger partial charge in [-0.05, 0) is 86.5 Å². The van der Waals surface area contributed by atoms with Gasteiger partial charge in [0.25, 0.3) is 0 Å². The lowest BCUT2D eigenvalue weighted by atomic mass is 9.88. The quantitative estimate of drug-likeness (QED) is 0.0845. The summed E-state index contributed by atoms with van der Waals surface area (Å²) >= 11 is 0. The number of likely N-dealkylation sites (N-methyl/N-ethyl adjacent to an activating group) is 1. The number of aromatic nitrogens is 2. The lowest BCUT2D eigenvalue weighted by molar-refractivity contribution is -0.142. The van der Waals surface area contributed by atoms with Gasteiger partial charge in [-0.25, -0.2) is 9.97 Å². The van der Waals surface area contributed by atoms with Crippen LogP contribution >= 0.6 is 0 Å². The molecule has 1 aromatic heterocycles. The third-order valence-corrected chi connectivity index (χ3v) is 11.7. The van der Waals surface area contributed by atoms with Crippen LogP contribution in [-0.4, -0.2) is 90.0 Å². The first-order valence-electron chi connectivity index (χ1n) is 22.7. The third kappa shape index (κ3) is 12.7. The van der Waals surface area contributed by atoms with Crippen molar-refractivity contribution in [1.29, 1.82) is 5.26 Å². The van der Waals surface area contributed by atoms with Gasteiger partial charge in [-0.15, -0.1) is 0 Å². The first-order valence-corrected chi connectivity index (χ1v) is 22.7. The molecule has 0 radical (unpaired) electrons. The molecule has 4 bridgehead atoms. The number of carbonyl (C=O) groups is 5. The molecule has 0 aliphatic carbocycles. The molecule has 4 aromatic rings. The number of ketones is 3. The Kier molecular flexibility index (Phi) is 18.2. The van der Waals surface area contributed by atoms with Gasteiger partial charge < -0.3 is 36.9 Å². The van der Waals surface area contributed by atoms with Gasteiger partial charge in [-0.3, -0.25) is 24.0 Å². The monoisotopic (exact) mass is 900 g/mol. The van der Waals surface area contributed by atoms with Crippen molar-refractivity contribution in [2.45, 2.75) is 91.6 Å². The summed E-state index contributed by atoms with van der Waals surface area (Å²) in [6.07, 6.45) is 0.558. The minimum absolute atomic E-state index is 0.0310. The topological polar surface area (TPSA) is 247 Å². The van der Waals surface area contributed by atoms with Crippen LogP contribution in [0.2, 0.25) is 0 Å². The molecular weight excluding hydrogens is 837 g/mol. The summed E-state index contributed by atoms with van der Waals surface area (Å²) in [5.74, 6) is -2.15. The number of ether oxygens (including phenoxy) is 2. The molecule has 2 heterocycles. The van der Waals surface area contributed by atoms with Gasteiger partial charge in [-0.1, -0.05) is 57.2 Å². The largest absolute Gasteiger partial charge is 0.492 e. The summed E-state index contributed by atoms with van der Waals surface area (Å²) < 4.78 is 12.3. The van der Waals surface area contributed by atoms with Gasteiger partial charge in [0.1, 0.15) is 30.8 Å². The Hall–Kier alpha value is -6.34. The van der Waals surface area contributed by atoms with Crippen LogP contribution in [0.15, 0.2) is 60.7 Å². The van der Waals surface area contributed by atoms with E-state index >= 15 is 0 Å². The highest BCUT2D eigenvalue weighted by atomic mass is 16.5. The van der Waals surface area contributed by atoms with E-state index in [0.29, 0.717) is 62.4 Å². The summed E-state index contributed by atoms with van der Waals surface area (Å²) in [6.45, 7) is 10.3. The van der Waals surface area contributed by atoms with Gasteiger partial charge >= 0.3 is 0 Å². The molecule has 4 atom stereocenters. The number of nitrogens with one attached hydrogen (secondary N) is 1. The number of nitrogens with zero attached hydrogens (tertiary/aromatic N) is 4. The Morgan fingerprint density at radius 2 is 1.50 bits per heavy atom. The van der Waals surface area contributed by atoms with Crippen LogP contribution in [-0.2, 0) is 32.0 Å². The van der Waals surface area contributed by atoms with E-state index in [4.69, 9.17) is 36.6 Å². The number of hydrogen-bond donors (Lipinski definition) is 4. The first-order chi connectivity index (χ1) is 31.6. The number of Topliss-reactive ketones (excluding diaryl/α,β-unsaturated/α-hetero) is 3. The summed E-state index contributed by atoms with van der Waals surface area (Å²) in [4.78, 5) is 81.9. The number of rotatable bonds is 19. The summed E-state index contributed by atoms with van der Waals surface area (Å²) in [6, 6.07) is 18.3. The number of nitrogens with two attached hydrogens (primary N) is 3. The number of carbonyl (C=O) groups excluding carboxylic acids is 5. The fourth-order valence-electron chi connectivity index (χ4n) is 8.48. The van der Waals surface area contributed by atoms with Crippen LogP contribution in [0.3, 0.4) is 0 Å². The molecule has 0 spiro atoms. The normalized spacial score (nSPS) is 16.7. The molecule has 15 heteroatoms. The van der Waals surface area contributed by atoms with E-state index in [0.717, 1.165) is 12.0 Å². The highest BCUT2D eigenvalue weighted by Crippen LogP contribution is 2.41. The molecule has 0 fully saturated rings. The molecule has 1 aliphatic heterocycles. The molecule has 0 saturated heterocycles. The average molecular weight is 901 g/mol. The molecule has 0 unspecified atom stereocenters. The van der Waals surface area contributed by atoms with Crippen molar-refractivity contribution in [3.05, 3.63) is 94.3 Å². The first kappa shape index (κ1) is 50.7. The van der Waals surface area contributed by atoms with Gasteiger partial charge in [0, 0.05) is 74.3 Å². The Bertz CT molecular complexity index is 2410. The van der Waals surface area contributed by atoms with Crippen LogP contribution in [0.4, 0.5) is 0 Å². The fourth-order valence-corrected chi connectivity index (χ4v) is 8.48. The number of aryl methyl sites for hydroxylation is 2. The van der Waals surface area contributed by atoms with Crippen molar-refractivity contribution < 1.29 is 33.4 Å². The molecular formula is C51H64N8O7. The molecule has 0 saturated carbocycles. The fraction of sp³-hybridized carbons (Fsp3) is 0.451. The zero-order chi connectivity index (χ0) is 48.1. The minimum Gasteiger partial charge on any atom is -0.492 e. The average Bonchev–Trinajstić information content (AvgIpc) is 3.28. The van der Waals surface area contributed by atoms with E-state index in [9.17, 15) is 29.2 Å². The predicted molar refractivity (Wildman–Crippen MR) is 252 cm³/mol. The zero-order valence-electron chi connectivity index (χ0n) is 39.0.